The van der Waals surface area contributed by atoms with Crippen molar-refractivity contribution in [1.82, 2.24) is 15.2 Å². The molecule has 0 spiro atoms. The molecule has 1 aromatic heterocycles. The zero-order valence-corrected chi connectivity index (χ0v) is 11.4. The van der Waals surface area contributed by atoms with Crippen LogP contribution in [0.2, 0.25) is 0 Å². The second-order valence-corrected chi connectivity index (χ2v) is 5.40. The molecule has 1 aliphatic heterocycles. The number of aromatic nitrogens is 1. The highest BCUT2D eigenvalue weighted by atomic mass is 32.1. The van der Waals surface area contributed by atoms with Gasteiger partial charge in [-0.15, -0.1) is 11.3 Å². The average Bonchev–Trinajstić information content (AvgIpc) is 2.71. The fourth-order valence-electron chi connectivity index (χ4n) is 2.04. The molecule has 0 saturated carbocycles. The minimum Gasteiger partial charge on any atom is -0.343 e. The quantitative estimate of drug-likeness (QED) is 0.888. The second kappa shape index (κ2) is 5.48. The number of aryl methyl sites for hydroxylation is 1. The van der Waals surface area contributed by atoms with Gasteiger partial charge in [0.25, 0.3) is 0 Å². The lowest BCUT2D eigenvalue weighted by Gasteiger charge is -2.32. The van der Waals surface area contributed by atoms with Gasteiger partial charge in [-0.3, -0.25) is 9.59 Å². The molecule has 2 amide bonds. The summed E-state index contributed by atoms with van der Waals surface area (Å²) in [5, 5.41) is 2.75. The number of amides is 2. The summed E-state index contributed by atoms with van der Waals surface area (Å²) in [7, 11) is 0. The van der Waals surface area contributed by atoms with Gasteiger partial charge >= 0.3 is 0 Å². The van der Waals surface area contributed by atoms with Crippen molar-refractivity contribution in [3.8, 4) is 0 Å². The summed E-state index contributed by atoms with van der Waals surface area (Å²) < 4.78 is 0. The molecule has 1 unspecified atom stereocenters. The topological polar surface area (TPSA) is 62.3 Å². The molecule has 0 bridgehead atoms. The lowest BCUT2D eigenvalue weighted by atomic mass is 10.1. The van der Waals surface area contributed by atoms with Gasteiger partial charge in [0.15, 0.2) is 0 Å². The summed E-state index contributed by atoms with van der Waals surface area (Å²) in [6.45, 7) is 4.56. The summed E-state index contributed by atoms with van der Waals surface area (Å²) in [4.78, 5) is 30.6. The van der Waals surface area contributed by atoms with Crippen LogP contribution in [0.15, 0.2) is 5.51 Å². The van der Waals surface area contributed by atoms with Crippen molar-refractivity contribution < 1.29 is 9.59 Å². The van der Waals surface area contributed by atoms with E-state index >= 15 is 0 Å². The van der Waals surface area contributed by atoms with Crippen LogP contribution in [0, 0.1) is 6.92 Å². The molecule has 5 nitrogen and oxygen atoms in total. The highest BCUT2D eigenvalue weighted by Crippen LogP contribution is 2.17. The zero-order valence-electron chi connectivity index (χ0n) is 10.6. The first-order valence-corrected chi connectivity index (χ1v) is 6.97. The summed E-state index contributed by atoms with van der Waals surface area (Å²) in [5.41, 5.74) is 2.70. The molecule has 0 radical (unpaired) electrons. The Labute approximate surface area is 110 Å². The summed E-state index contributed by atoms with van der Waals surface area (Å²) in [6, 6.07) is -0.357. The molecule has 2 heterocycles. The number of nitrogens with zero attached hydrogens (tertiary/aromatic N) is 2. The van der Waals surface area contributed by atoms with Crippen molar-refractivity contribution in [3.63, 3.8) is 0 Å². The third-order valence-electron chi connectivity index (χ3n) is 3.04. The largest absolute Gasteiger partial charge is 0.343 e. The van der Waals surface area contributed by atoms with Gasteiger partial charge in [-0.2, -0.15) is 0 Å². The maximum absolute atomic E-state index is 12.2. The Morgan fingerprint density at radius 2 is 2.33 bits per heavy atom. The number of hydrogen-bond acceptors (Lipinski definition) is 4. The number of rotatable bonds is 4. The Hall–Kier alpha value is -1.43. The molecule has 1 atom stereocenters. The van der Waals surface area contributed by atoms with Crippen LogP contribution < -0.4 is 5.32 Å². The predicted molar refractivity (Wildman–Crippen MR) is 69.1 cm³/mol. The molecular formula is C12H17N3O2S. The van der Waals surface area contributed by atoms with Gasteiger partial charge in [-0.05, 0) is 13.3 Å². The Morgan fingerprint density at radius 1 is 1.56 bits per heavy atom. The van der Waals surface area contributed by atoms with E-state index in [1.807, 2.05) is 13.8 Å². The second-order valence-electron chi connectivity index (χ2n) is 4.46. The van der Waals surface area contributed by atoms with Gasteiger partial charge in [0.1, 0.15) is 6.04 Å². The van der Waals surface area contributed by atoms with Crippen LogP contribution in [0.25, 0.3) is 0 Å². The first kappa shape index (κ1) is 13.0. The van der Waals surface area contributed by atoms with E-state index in [4.69, 9.17) is 0 Å². The van der Waals surface area contributed by atoms with E-state index < -0.39 is 0 Å². The van der Waals surface area contributed by atoms with Gasteiger partial charge < -0.3 is 10.2 Å². The minimum absolute atomic E-state index is 0.0178. The number of hydrogen-bond donors (Lipinski definition) is 1. The zero-order chi connectivity index (χ0) is 13.1. The van der Waals surface area contributed by atoms with E-state index in [0.717, 1.165) is 17.0 Å². The maximum Gasteiger partial charge on any atom is 0.245 e. The highest BCUT2D eigenvalue weighted by molar-refractivity contribution is 7.09. The summed E-state index contributed by atoms with van der Waals surface area (Å²) >= 11 is 1.52. The molecule has 0 aliphatic carbocycles. The number of carbonyl (C=O) groups is 2. The normalized spacial score (nSPS) is 20.1. The van der Waals surface area contributed by atoms with E-state index in [1.165, 1.54) is 11.3 Å². The number of nitrogens with one attached hydrogen (secondary N) is 1. The van der Waals surface area contributed by atoms with Gasteiger partial charge in [-0.1, -0.05) is 13.3 Å². The standard InChI is InChI=1S/C12H17N3O2S/c1-3-4-9-12(17)15(6-11(16)14-9)5-10-8(2)13-7-18-10/h7,9H,3-6H2,1-2H3,(H,14,16). The molecule has 1 fully saturated rings. The third-order valence-corrected chi connectivity index (χ3v) is 3.96. The first-order chi connectivity index (χ1) is 8.61. The average molecular weight is 267 g/mol. The minimum atomic E-state index is -0.357. The predicted octanol–water partition coefficient (Wildman–Crippen LogP) is 1.08. The summed E-state index contributed by atoms with van der Waals surface area (Å²) in [6.07, 6.45) is 1.58. The van der Waals surface area contributed by atoms with E-state index in [9.17, 15) is 9.59 Å². The molecule has 1 N–H and O–H groups in total. The Bertz CT molecular complexity index is 458. The Morgan fingerprint density at radius 3 is 2.94 bits per heavy atom. The number of piperazine rings is 1. The smallest absolute Gasteiger partial charge is 0.245 e. The lowest BCUT2D eigenvalue weighted by Crippen LogP contribution is -2.57. The molecular weight excluding hydrogens is 250 g/mol. The molecule has 0 aromatic carbocycles. The van der Waals surface area contributed by atoms with Crippen molar-refractivity contribution in [2.24, 2.45) is 0 Å². The molecule has 2 rings (SSSR count). The van der Waals surface area contributed by atoms with Crippen molar-refractivity contribution in [2.45, 2.75) is 39.3 Å². The van der Waals surface area contributed by atoms with Crippen LogP contribution in [-0.2, 0) is 16.1 Å². The number of carbonyl (C=O) groups excluding carboxylic acids is 2. The fourth-order valence-corrected chi connectivity index (χ4v) is 2.83. The van der Waals surface area contributed by atoms with Gasteiger partial charge in [-0.25, -0.2) is 4.98 Å². The van der Waals surface area contributed by atoms with Crippen LogP contribution in [0.5, 0.6) is 0 Å². The van der Waals surface area contributed by atoms with E-state index in [2.05, 4.69) is 10.3 Å². The van der Waals surface area contributed by atoms with E-state index in [1.54, 1.807) is 10.4 Å². The molecule has 6 heteroatoms. The van der Waals surface area contributed by atoms with Crippen molar-refractivity contribution >= 4 is 23.2 Å². The molecule has 18 heavy (non-hydrogen) atoms. The van der Waals surface area contributed by atoms with E-state index in [-0.39, 0.29) is 24.4 Å². The van der Waals surface area contributed by atoms with Crippen molar-refractivity contribution in [1.29, 1.82) is 0 Å². The van der Waals surface area contributed by atoms with Gasteiger partial charge in [0, 0.05) is 4.88 Å². The molecule has 98 valence electrons. The lowest BCUT2D eigenvalue weighted by molar-refractivity contribution is -0.145. The van der Waals surface area contributed by atoms with Crippen molar-refractivity contribution in [2.75, 3.05) is 6.54 Å². The van der Waals surface area contributed by atoms with Crippen LogP contribution in [0.1, 0.15) is 30.3 Å². The molecule has 1 aromatic rings. The maximum atomic E-state index is 12.2. The first-order valence-electron chi connectivity index (χ1n) is 6.09. The van der Waals surface area contributed by atoms with Gasteiger partial charge in [0.2, 0.25) is 11.8 Å². The number of thiazole rings is 1. The highest BCUT2D eigenvalue weighted by Gasteiger charge is 2.32. The Balaban J connectivity index is 2.09. The third kappa shape index (κ3) is 2.69. The SMILES string of the molecule is CCCC1NC(=O)CN(Cc2scnc2C)C1=O. The monoisotopic (exact) mass is 267 g/mol. The molecule has 1 saturated heterocycles. The Kier molecular flexibility index (Phi) is 3.96. The molecule has 1 aliphatic rings. The van der Waals surface area contributed by atoms with Crippen LogP contribution >= 0.6 is 11.3 Å². The van der Waals surface area contributed by atoms with E-state index in [0.29, 0.717) is 13.0 Å². The van der Waals surface area contributed by atoms with Gasteiger partial charge in [0.05, 0.1) is 24.3 Å². The fraction of sp³-hybridized carbons (Fsp3) is 0.583. The van der Waals surface area contributed by atoms with Crippen molar-refractivity contribution in [3.05, 3.63) is 16.1 Å². The van der Waals surface area contributed by atoms with Crippen LogP contribution in [0.3, 0.4) is 0 Å². The van der Waals surface area contributed by atoms with Crippen LogP contribution in [0.4, 0.5) is 0 Å². The van der Waals surface area contributed by atoms with Crippen LogP contribution in [-0.4, -0.2) is 34.3 Å². The summed E-state index contributed by atoms with van der Waals surface area (Å²) in [5.74, 6) is -0.0560.